The maximum absolute atomic E-state index is 6.07. The van der Waals surface area contributed by atoms with Crippen LogP contribution in [0.1, 0.15) is 35.1 Å². The second-order valence-electron chi connectivity index (χ2n) is 7.41. The molecule has 3 unspecified atom stereocenters. The largest absolute Gasteiger partial charge is 0.489 e. The van der Waals surface area contributed by atoms with E-state index in [1.54, 1.807) is 0 Å². The average molecular weight is 353 g/mol. The molecule has 27 heavy (non-hydrogen) atoms. The van der Waals surface area contributed by atoms with Crippen molar-refractivity contribution in [3.8, 4) is 5.75 Å². The fourth-order valence-corrected chi connectivity index (χ4v) is 4.39. The van der Waals surface area contributed by atoms with Crippen molar-refractivity contribution in [1.82, 2.24) is 0 Å². The highest BCUT2D eigenvalue weighted by Gasteiger charge is 2.37. The standard InChI is InChI=1S/C25H23NO/c1-3-8-18(9-4-1)17-27-20-14-15-24-23(16-20)21-12-7-13-22(21)25(26-24)19-10-5-2-6-11-19/h1-12,14-16,21-22,25-26H,13,17H2. The number of hydrogen-bond donors (Lipinski definition) is 1. The molecule has 0 saturated carbocycles. The Morgan fingerprint density at radius 1 is 0.889 bits per heavy atom. The van der Waals surface area contributed by atoms with E-state index in [-0.39, 0.29) is 0 Å². The van der Waals surface area contributed by atoms with Crippen molar-refractivity contribution >= 4 is 5.69 Å². The van der Waals surface area contributed by atoms with E-state index in [1.807, 2.05) is 18.2 Å². The molecule has 2 nitrogen and oxygen atoms in total. The zero-order valence-electron chi connectivity index (χ0n) is 15.2. The first-order valence-electron chi connectivity index (χ1n) is 9.67. The third kappa shape index (κ3) is 3.12. The molecule has 5 rings (SSSR count). The SMILES string of the molecule is C1=CC2c3cc(OCc4ccccc4)ccc3NC(c3ccccc3)C2C1. The highest BCUT2D eigenvalue weighted by Crippen LogP contribution is 2.50. The van der Waals surface area contributed by atoms with Gasteiger partial charge >= 0.3 is 0 Å². The number of allylic oxidation sites excluding steroid dienone is 2. The van der Waals surface area contributed by atoms with Crippen molar-refractivity contribution in [1.29, 1.82) is 0 Å². The molecule has 0 bridgehead atoms. The molecule has 2 heteroatoms. The van der Waals surface area contributed by atoms with Gasteiger partial charge < -0.3 is 10.1 Å². The van der Waals surface area contributed by atoms with E-state index in [0.717, 1.165) is 12.2 Å². The quantitative estimate of drug-likeness (QED) is 0.573. The Hall–Kier alpha value is -3.00. The Labute approximate surface area is 160 Å². The molecular weight excluding hydrogens is 330 g/mol. The maximum Gasteiger partial charge on any atom is 0.120 e. The monoisotopic (exact) mass is 353 g/mol. The van der Waals surface area contributed by atoms with E-state index in [9.17, 15) is 0 Å². The zero-order valence-corrected chi connectivity index (χ0v) is 15.2. The zero-order chi connectivity index (χ0) is 18.1. The van der Waals surface area contributed by atoms with Crippen LogP contribution < -0.4 is 10.1 Å². The highest BCUT2D eigenvalue weighted by atomic mass is 16.5. The lowest BCUT2D eigenvalue weighted by molar-refractivity contribution is 0.305. The van der Waals surface area contributed by atoms with Crippen molar-refractivity contribution in [2.75, 3.05) is 5.32 Å². The molecule has 3 atom stereocenters. The molecule has 1 N–H and O–H groups in total. The summed E-state index contributed by atoms with van der Waals surface area (Å²) in [4.78, 5) is 0. The first-order chi connectivity index (χ1) is 13.4. The van der Waals surface area contributed by atoms with E-state index in [1.165, 1.54) is 22.4 Å². The summed E-state index contributed by atoms with van der Waals surface area (Å²) >= 11 is 0. The summed E-state index contributed by atoms with van der Waals surface area (Å²) in [6, 6.07) is 28.0. The van der Waals surface area contributed by atoms with E-state index in [2.05, 4.69) is 78.1 Å². The molecule has 0 spiro atoms. The number of anilines is 1. The van der Waals surface area contributed by atoms with E-state index in [0.29, 0.717) is 24.5 Å². The lowest BCUT2D eigenvalue weighted by atomic mass is 9.77. The number of hydrogen-bond acceptors (Lipinski definition) is 2. The summed E-state index contributed by atoms with van der Waals surface area (Å²) in [5.41, 5.74) is 5.14. The third-order valence-corrected chi connectivity index (χ3v) is 5.74. The molecule has 0 radical (unpaired) electrons. The number of benzene rings is 3. The molecule has 134 valence electrons. The number of rotatable bonds is 4. The molecule has 1 aliphatic heterocycles. The molecule has 0 amide bonds. The van der Waals surface area contributed by atoms with Crippen LogP contribution in [0.25, 0.3) is 0 Å². The summed E-state index contributed by atoms with van der Waals surface area (Å²) in [6.45, 7) is 0.601. The van der Waals surface area contributed by atoms with E-state index >= 15 is 0 Å². The van der Waals surface area contributed by atoms with Crippen LogP contribution >= 0.6 is 0 Å². The van der Waals surface area contributed by atoms with Gasteiger partial charge in [0.1, 0.15) is 12.4 Å². The van der Waals surface area contributed by atoms with Crippen LogP contribution in [-0.4, -0.2) is 0 Å². The lowest BCUT2D eigenvalue weighted by Crippen LogP contribution is -2.29. The minimum absolute atomic E-state index is 0.356. The van der Waals surface area contributed by atoms with Crippen LogP contribution in [0.4, 0.5) is 5.69 Å². The van der Waals surface area contributed by atoms with Gasteiger partial charge in [-0.1, -0.05) is 72.8 Å². The van der Waals surface area contributed by atoms with Gasteiger partial charge in [0.25, 0.3) is 0 Å². The van der Waals surface area contributed by atoms with Gasteiger partial charge in [-0.25, -0.2) is 0 Å². The molecule has 0 aromatic heterocycles. The van der Waals surface area contributed by atoms with Crippen LogP contribution in [0.15, 0.2) is 91.0 Å². The van der Waals surface area contributed by atoms with Gasteiger partial charge in [-0.15, -0.1) is 0 Å². The van der Waals surface area contributed by atoms with Crippen LogP contribution in [0.2, 0.25) is 0 Å². The van der Waals surface area contributed by atoms with Gasteiger partial charge in [-0.2, -0.15) is 0 Å². The molecule has 3 aromatic rings. The Morgan fingerprint density at radius 2 is 1.67 bits per heavy atom. The van der Waals surface area contributed by atoms with Gasteiger partial charge in [-0.05, 0) is 47.2 Å². The van der Waals surface area contributed by atoms with Crippen molar-refractivity contribution in [2.24, 2.45) is 5.92 Å². The van der Waals surface area contributed by atoms with Crippen molar-refractivity contribution in [2.45, 2.75) is 25.0 Å². The lowest BCUT2D eigenvalue weighted by Gasteiger charge is -2.37. The first-order valence-corrected chi connectivity index (χ1v) is 9.67. The topological polar surface area (TPSA) is 21.3 Å². The highest BCUT2D eigenvalue weighted by molar-refractivity contribution is 5.61. The minimum Gasteiger partial charge on any atom is -0.489 e. The molecule has 2 aliphatic rings. The minimum atomic E-state index is 0.356. The van der Waals surface area contributed by atoms with Crippen molar-refractivity contribution in [3.05, 3.63) is 108 Å². The maximum atomic E-state index is 6.07. The fourth-order valence-electron chi connectivity index (χ4n) is 4.39. The molecule has 3 aromatic carbocycles. The van der Waals surface area contributed by atoms with Crippen LogP contribution in [0.5, 0.6) is 5.75 Å². The fraction of sp³-hybridized carbons (Fsp3) is 0.200. The third-order valence-electron chi connectivity index (χ3n) is 5.74. The van der Waals surface area contributed by atoms with E-state index < -0.39 is 0 Å². The molecule has 1 heterocycles. The van der Waals surface area contributed by atoms with Gasteiger partial charge in [-0.3, -0.25) is 0 Å². The Morgan fingerprint density at radius 3 is 2.48 bits per heavy atom. The smallest absolute Gasteiger partial charge is 0.120 e. The van der Waals surface area contributed by atoms with Gasteiger partial charge in [0.2, 0.25) is 0 Å². The number of fused-ring (bicyclic) bond motifs is 3. The summed E-state index contributed by atoms with van der Waals surface area (Å²) in [6.07, 6.45) is 5.83. The first kappa shape index (κ1) is 16.2. The predicted molar refractivity (Wildman–Crippen MR) is 110 cm³/mol. The molecular formula is C25H23NO. The number of ether oxygens (including phenoxy) is 1. The van der Waals surface area contributed by atoms with E-state index in [4.69, 9.17) is 4.74 Å². The van der Waals surface area contributed by atoms with Crippen LogP contribution in [-0.2, 0) is 6.61 Å². The number of nitrogens with one attached hydrogen (secondary N) is 1. The molecule has 0 saturated heterocycles. The van der Waals surface area contributed by atoms with Gasteiger partial charge in [0, 0.05) is 11.6 Å². The Balaban J connectivity index is 1.42. The molecule has 0 fully saturated rings. The Bertz CT molecular complexity index is 949. The van der Waals surface area contributed by atoms with Gasteiger partial charge in [0.05, 0.1) is 6.04 Å². The van der Waals surface area contributed by atoms with Crippen LogP contribution in [0.3, 0.4) is 0 Å². The van der Waals surface area contributed by atoms with Gasteiger partial charge in [0.15, 0.2) is 0 Å². The second kappa shape index (κ2) is 6.96. The van der Waals surface area contributed by atoms with Crippen molar-refractivity contribution in [3.63, 3.8) is 0 Å². The summed E-state index contributed by atoms with van der Waals surface area (Å²) in [7, 11) is 0. The normalized spacial score (nSPS) is 22.6. The summed E-state index contributed by atoms with van der Waals surface area (Å²) in [5, 5.41) is 3.79. The summed E-state index contributed by atoms with van der Waals surface area (Å²) < 4.78 is 6.07. The molecule has 1 aliphatic carbocycles. The Kier molecular flexibility index (Phi) is 4.17. The van der Waals surface area contributed by atoms with Crippen molar-refractivity contribution < 1.29 is 4.74 Å². The summed E-state index contributed by atoms with van der Waals surface area (Å²) in [5.74, 6) is 1.95. The van der Waals surface area contributed by atoms with Crippen LogP contribution in [0, 0.1) is 5.92 Å². The predicted octanol–water partition coefficient (Wildman–Crippen LogP) is 6.09. The second-order valence-corrected chi connectivity index (χ2v) is 7.41. The average Bonchev–Trinajstić information content (AvgIpc) is 3.23.